The summed E-state index contributed by atoms with van der Waals surface area (Å²) < 4.78 is 5.68. The molecule has 4 nitrogen and oxygen atoms in total. The lowest BCUT2D eigenvalue weighted by molar-refractivity contribution is 0.0691. The molecule has 0 atom stereocenters. The summed E-state index contributed by atoms with van der Waals surface area (Å²) in [4.78, 5) is 11.1. The predicted molar refractivity (Wildman–Crippen MR) is 59.1 cm³/mol. The number of hydrogen-bond donors (Lipinski definition) is 2. The average Bonchev–Trinajstić information content (AvgIpc) is 3.06. The van der Waals surface area contributed by atoms with Crippen molar-refractivity contribution in [3.05, 3.63) is 23.8 Å². The number of nitrogens with one attached hydrogen (secondary N) is 1. The molecule has 1 aliphatic heterocycles. The van der Waals surface area contributed by atoms with Crippen LogP contribution in [-0.4, -0.2) is 24.2 Å². The first-order chi connectivity index (χ1) is 7.70. The van der Waals surface area contributed by atoms with Crippen molar-refractivity contribution in [2.75, 3.05) is 18.5 Å². The highest BCUT2D eigenvalue weighted by Gasteiger charge is 2.45. The Hall–Kier alpha value is -1.71. The summed E-state index contributed by atoms with van der Waals surface area (Å²) in [6, 6.07) is 5.18. The van der Waals surface area contributed by atoms with Crippen molar-refractivity contribution >= 4 is 11.7 Å². The van der Waals surface area contributed by atoms with Crippen LogP contribution < -0.4 is 10.1 Å². The van der Waals surface area contributed by atoms with E-state index in [9.17, 15) is 4.79 Å². The molecule has 0 radical (unpaired) electrons. The standard InChI is InChI=1S/C12H13NO3/c14-11(15)8-2-1-3-9-10(8)16-7-12(4-5-12)6-13-9/h1-3,13H,4-7H2,(H,14,15). The third-order valence-corrected chi connectivity index (χ3v) is 3.38. The van der Waals surface area contributed by atoms with Gasteiger partial charge in [0, 0.05) is 12.0 Å². The molecule has 1 saturated carbocycles. The molecule has 1 fully saturated rings. The molecule has 1 aromatic rings. The summed E-state index contributed by atoms with van der Waals surface area (Å²) in [5.74, 6) is -0.454. The first kappa shape index (κ1) is 9.51. The fourth-order valence-electron chi connectivity index (χ4n) is 2.06. The van der Waals surface area contributed by atoms with Gasteiger partial charge in [0.2, 0.25) is 0 Å². The summed E-state index contributed by atoms with van der Waals surface area (Å²) in [5, 5.41) is 12.4. The van der Waals surface area contributed by atoms with Gasteiger partial charge in [0.1, 0.15) is 5.56 Å². The van der Waals surface area contributed by atoms with Crippen LogP contribution in [0, 0.1) is 5.41 Å². The van der Waals surface area contributed by atoms with Gasteiger partial charge in [0.05, 0.1) is 12.3 Å². The normalized spacial score (nSPS) is 20.2. The highest BCUT2D eigenvalue weighted by Crippen LogP contribution is 2.48. The van der Waals surface area contributed by atoms with Crippen LogP contribution in [0.15, 0.2) is 18.2 Å². The highest BCUT2D eigenvalue weighted by atomic mass is 16.5. The average molecular weight is 219 g/mol. The molecule has 1 aliphatic carbocycles. The monoisotopic (exact) mass is 219 g/mol. The van der Waals surface area contributed by atoms with Crippen molar-refractivity contribution in [2.45, 2.75) is 12.8 Å². The lowest BCUT2D eigenvalue weighted by Gasteiger charge is -2.10. The molecular formula is C12H13NO3. The van der Waals surface area contributed by atoms with Gasteiger partial charge >= 0.3 is 5.97 Å². The molecule has 84 valence electrons. The number of carboxylic acids is 1. The van der Waals surface area contributed by atoms with E-state index in [1.54, 1.807) is 12.1 Å². The van der Waals surface area contributed by atoms with Crippen molar-refractivity contribution in [3.8, 4) is 5.75 Å². The number of benzene rings is 1. The van der Waals surface area contributed by atoms with Crippen molar-refractivity contribution in [1.29, 1.82) is 0 Å². The molecule has 0 aromatic heterocycles. The predicted octanol–water partition coefficient (Wildman–Crippen LogP) is 1.97. The van der Waals surface area contributed by atoms with Crippen molar-refractivity contribution in [1.82, 2.24) is 0 Å². The molecule has 3 rings (SSSR count). The summed E-state index contributed by atoms with van der Waals surface area (Å²) in [6.07, 6.45) is 2.33. The molecule has 0 bridgehead atoms. The molecule has 16 heavy (non-hydrogen) atoms. The Morgan fingerprint density at radius 1 is 1.44 bits per heavy atom. The van der Waals surface area contributed by atoms with E-state index in [1.165, 1.54) is 0 Å². The van der Waals surface area contributed by atoms with Gasteiger partial charge in [-0.1, -0.05) is 6.07 Å². The van der Waals surface area contributed by atoms with Crippen LogP contribution in [0.1, 0.15) is 23.2 Å². The molecule has 0 amide bonds. The van der Waals surface area contributed by atoms with Crippen LogP contribution >= 0.6 is 0 Å². The Morgan fingerprint density at radius 2 is 2.25 bits per heavy atom. The van der Waals surface area contributed by atoms with E-state index in [1.807, 2.05) is 6.07 Å². The van der Waals surface area contributed by atoms with Gasteiger partial charge in [-0.15, -0.1) is 0 Å². The number of carbonyl (C=O) groups is 1. The smallest absolute Gasteiger partial charge is 0.339 e. The van der Waals surface area contributed by atoms with Crippen LogP contribution in [0.25, 0.3) is 0 Å². The van der Waals surface area contributed by atoms with Crippen LogP contribution in [0.3, 0.4) is 0 Å². The molecular weight excluding hydrogens is 206 g/mol. The van der Waals surface area contributed by atoms with Gasteiger partial charge in [0.15, 0.2) is 5.75 Å². The van der Waals surface area contributed by atoms with Gasteiger partial charge in [-0.05, 0) is 25.0 Å². The van der Waals surface area contributed by atoms with E-state index in [0.29, 0.717) is 12.4 Å². The second-order valence-electron chi connectivity index (χ2n) is 4.63. The van der Waals surface area contributed by atoms with Gasteiger partial charge in [0.25, 0.3) is 0 Å². The highest BCUT2D eigenvalue weighted by molar-refractivity contribution is 5.93. The third-order valence-electron chi connectivity index (χ3n) is 3.38. The minimum absolute atomic E-state index is 0.239. The van der Waals surface area contributed by atoms with Crippen molar-refractivity contribution in [3.63, 3.8) is 0 Å². The maximum Gasteiger partial charge on any atom is 0.339 e. The van der Waals surface area contributed by atoms with E-state index >= 15 is 0 Å². The van der Waals surface area contributed by atoms with Crippen LogP contribution in [0.5, 0.6) is 5.75 Å². The Labute approximate surface area is 93.2 Å². The minimum Gasteiger partial charge on any atom is -0.490 e. The number of aromatic carboxylic acids is 1. The van der Waals surface area contributed by atoms with Gasteiger partial charge < -0.3 is 15.2 Å². The van der Waals surface area contributed by atoms with Gasteiger partial charge in [-0.2, -0.15) is 0 Å². The van der Waals surface area contributed by atoms with E-state index < -0.39 is 5.97 Å². The number of fused-ring (bicyclic) bond motifs is 1. The summed E-state index contributed by atoms with van der Waals surface area (Å²) in [6.45, 7) is 1.50. The number of rotatable bonds is 1. The Kier molecular flexibility index (Phi) is 1.87. The van der Waals surface area contributed by atoms with Crippen molar-refractivity contribution in [2.24, 2.45) is 5.41 Å². The largest absolute Gasteiger partial charge is 0.490 e. The number of anilines is 1. The second-order valence-corrected chi connectivity index (χ2v) is 4.63. The molecule has 0 saturated heterocycles. The Bertz CT molecular complexity index is 452. The zero-order valence-electron chi connectivity index (χ0n) is 8.82. The molecule has 4 heteroatoms. The zero-order chi connectivity index (χ0) is 11.2. The fourth-order valence-corrected chi connectivity index (χ4v) is 2.06. The van der Waals surface area contributed by atoms with E-state index in [2.05, 4.69) is 5.32 Å². The van der Waals surface area contributed by atoms with E-state index in [4.69, 9.17) is 9.84 Å². The van der Waals surface area contributed by atoms with E-state index in [-0.39, 0.29) is 11.0 Å². The Balaban J connectivity index is 2.00. The third kappa shape index (κ3) is 1.41. The van der Waals surface area contributed by atoms with Gasteiger partial charge in [-0.25, -0.2) is 4.79 Å². The van der Waals surface area contributed by atoms with Crippen LogP contribution in [0.4, 0.5) is 5.69 Å². The summed E-state index contributed by atoms with van der Waals surface area (Å²) in [5.41, 5.74) is 1.28. The first-order valence-electron chi connectivity index (χ1n) is 5.43. The topological polar surface area (TPSA) is 58.6 Å². The molecule has 0 unspecified atom stereocenters. The number of carboxylic acid groups (broad SMARTS) is 1. The van der Waals surface area contributed by atoms with Crippen LogP contribution in [0.2, 0.25) is 0 Å². The Morgan fingerprint density at radius 3 is 2.94 bits per heavy atom. The van der Waals surface area contributed by atoms with Crippen molar-refractivity contribution < 1.29 is 14.6 Å². The molecule has 2 aliphatic rings. The first-order valence-corrected chi connectivity index (χ1v) is 5.43. The fraction of sp³-hybridized carbons (Fsp3) is 0.417. The lowest BCUT2D eigenvalue weighted by atomic mass is 10.1. The molecule has 1 aromatic carbocycles. The minimum atomic E-state index is -0.939. The second kappa shape index (κ2) is 3.14. The number of hydrogen-bond acceptors (Lipinski definition) is 3. The van der Waals surface area contributed by atoms with Crippen LogP contribution in [-0.2, 0) is 0 Å². The molecule has 1 heterocycles. The molecule has 2 N–H and O–H groups in total. The number of ether oxygens (including phenoxy) is 1. The maximum absolute atomic E-state index is 11.1. The number of para-hydroxylation sites is 1. The maximum atomic E-state index is 11.1. The van der Waals surface area contributed by atoms with Gasteiger partial charge in [-0.3, -0.25) is 0 Å². The van der Waals surface area contributed by atoms with E-state index in [0.717, 1.165) is 25.1 Å². The SMILES string of the molecule is O=C(O)c1cccc2c1OCC1(CC1)CN2. The summed E-state index contributed by atoms with van der Waals surface area (Å²) in [7, 11) is 0. The quantitative estimate of drug-likeness (QED) is 0.758. The lowest BCUT2D eigenvalue weighted by Crippen LogP contribution is -2.18. The molecule has 1 spiro atoms. The summed E-state index contributed by atoms with van der Waals surface area (Å²) >= 11 is 0. The zero-order valence-corrected chi connectivity index (χ0v) is 8.82.